The second kappa shape index (κ2) is 10.5. The lowest BCUT2D eigenvalue weighted by atomic mass is 9.81. The highest BCUT2D eigenvalue weighted by Crippen LogP contribution is 2.41. The topological polar surface area (TPSA) is 111 Å². The van der Waals surface area contributed by atoms with Crippen LogP contribution in [-0.4, -0.2) is 40.4 Å². The zero-order valence-corrected chi connectivity index (χ0v) is 19.1. The molecule has 0 spiro atoms. The molecule has 0 fully saturated rings. The highest BCUT2D eigenvalue weighted by Gasteiger charge is 2.43. The summed E-state index contributed by atoms with van der Waals surface area (Å²) >= 11 is 0. The number of hydrogen-bond acceptors (Lipinski definition) is 6. The standard InChI is InChI=1S/C25H18F3N3O3.CH2O2/c26-25(27,28)34-18-10-8-17(9-11-18)24(13-15-33-21-6-3-14-29-22(21)24)31-23(32)20-12-7-16-4-1-2-5-19(16)30-20;2-1-3/h1-12,14H,13,15H2,(H,31,32);1H,(H,2,3). The minimum atomic E-state index is -4.80. The van der Waals surface area contributed by atoms with Gasteiger partial charge in [-0.15, -0.1) is 13.2 Å². The van der Waals surface area contributed by atoms with Crippen molar-refractivity contribution in [3.05, 3.63) is 95.9 Å². The third kappa shape index (κ3) is 5.61. The van der Waals surface area contributed by atoms with Gasteiger partial charge in [-0.05, 0) is 42.0 Å². The fourth-order valence-corrected chi connectivity index (χ4v) is 4.13. The maximum Gasteiger partial charge on any atom is 0.573 e. The number of nitrogens with one attached hydrogen (secondary N) is 1. The van der Waals surface area contributed by atoms with Crippen LogP contribution in [-0.2, 0) is 10.3 Å². The van der Waals surface area contributed by atoms with Crippen molar-refractivity contribution >= 4 is 23.3 Å². The van der Waals surface area contributed by atoms with E-state index >= 15 is 0 Å². The van der Waals surface area contributed by atoms with E-state index in [2.05, 4.69) is 20.0 Å². The zero-order valence-electron chi connectivity index (χ0n) is 19.1. The molecule has 0 saturated heterocycles. The van der Waals surface area contributed by atoms with E-state index in [4.69, 9.17) is 14.6 Å². The van der Waals surface area contributed by atoms with Gasteiger partial charge < -0.3 is 19.9 Å². The molecule has 0 radical (unpaired) electrons. The Morgan fingerprint density at radius 3 is 2.51 bits per heavy atom. The van der Waals surface area contributed by atoms with E-state index in [0.717, 1.165) is 5.39 Å². The molecule has 1 unspecified atom stereocenters. The van der Waals surface area contributed by atoms with Crippen molar-refractivity contribution in [2.45, 2.75) is 18.3 Å². The molecule has 2 aromatic carbocycles. The normalized spacial score (nSPS) is 16.4. The largest absolute Gasteiger partial charge is 0.573 e. The van der Waals surface area contributed by atoms with E-state index < -0.39 is 17.8 Å². The molecule has 0 aliphatic carbocycles. The van der Waals surface area contributed by atoms with Crippen LogP contribution in [0.15, 0.2) is 79.0 Å². The van der Waals surface area contributed by atoms with Gasteiger partial charge in [-0.2, -0.15) is 0 Å². The quantitative estimate of drug-likeness (QED) is 0.383. The van der Waals surface area contributed by atoms with Crippen LogP contribution in [0.2, 0.25) is 0 Å². The number of pyridine rings is 2. The number of fused-ring (bicyclic) bond motifs is 2. The SMILES string of the molecule is O=C(NC1(c2ccc(OC(F)(F)F)cc2)CCOc2cccnc21)c1ccc2ccccc2n1.O=CO. The van der Waals surface area contributed by atoms with Crippen molar-refractivity contribution < 1.29 is 37.3 Å². The number of benzene rings is 2. The van der Waals surface area contributed by atoms with Gasteiger partial charge in [0.2, 0.25) is 0 Å². The molecular formula is C26H20F3N3O5. The Morgan fingerprint density at radius 1 is 1.05 bits per heavy atom. The first kappa shape index (κ1) is 25.4. The van der Waals surface area contributed by atoms with E-state index in [1.54, 1.807) is 24.4 Å². The van der Waals surface area contributed by atoms with Crippen LogP contribution >= 0.6 is 0 Å². The Bertz CT molecular complexity index is 1410. The number of carbonyl (C=O) groups excluding carboxylic acids is 1. The monoisotopic (exact) mass is 511 g/mol. The fourth-order valence-electron chi connectivity index (χ4n) is 4.13. The molecule has 3 heterocycles. The van der Waals surface area contributed by atoms with Crippen LogP contribution < -0.4 is 14.8 Å². The first-order valence-electron chi connectivity index (χ1n) is 11.0. The van der Waals surface area contributed by atoms with Gasteiger partial charge in [-0.3, -0.25) is 14.6 Å². The van der Waals surface area contributed by atoms with Crippen LogP contribution in [0.3, 0.4) is 0 Å². The third-order valence-corrected chi connectivity index (χ3v) is 5.65. The van der Waals surface area contributed by atoms with Gasteiger partial charge in [-0.1, -0.05) is 36.4 Å². The van der Waals surface area contributed by atoms with Crippen molar-refractivity contribution in [1.82, 2.24) is 15.3 Å². The number of hydrogen-bond donors (Lipinski definition) is 2. The summed E-state index contributed by atoms with van der Waals surface area (Å²) in [5.41, 5.74) is 0.734. The average Bonchev–Trinajstić information content (AvgIpc) is 2.88. The Hall–Kier alpha value is -4.67. The number of nitrogens with zero attached hydrogens (tertiary/aromatic N) is 2. The van der Waals surface area contributed by atoms with Crippen LogP contribution in [0, 0.1) is 0 Å². The number of para-hydroxylation sites is 1. The minimum absolute atomic E-state index is 0.207. The summed E-state index contributed by atoms with van der Waals surface area (Å²) in [5, 5.41) is 10.8. The highest BCUT2D eigenvalue weighted by atomic mass is 19.4. The summed E-state index contributed by atoms with van der Waals surface area (Å²) in [6.07, 6.45) is -2.92. The molecule has 2 N–H and O–H groups in total. The maximum atomic E-state index is 13.4. The first-order valence-corrected chi connectivity index (χ1v) is 11.0. The molecule has 190 valence electrons. The number of amides is 1. The molecule has 1 aliphatic heterocycles. The van der Waals surface area contributed by atoms with E-state index in [0.29, 0.717) is 28.9 Å². The van der Waals surface area contributed by atoms with Crippen molar-refractivity contribution in [3.8, 4) is 11.5 Å². The van der Waals surface area contributed by atoms with Gasteiger partial charge in [0.1, 0.15) is 28.4 Å². The smallest absolute Gasteiger partial charge is 0.491 e. The lowest BCUT2D eigenvalue weighted by Gasteiger charge is -2.39. The van der Waals surface area contributed by atoms with E-state index in [1.165, 1.54) is 24.3 Å². The molecule has 11 heteroatoms. The lowest BCUT2D eigenvalue weighted by Crippen LogP contribution is -2.50. The van der Waals surface area contributed by atoms with Crippen molar-refractivity contribution in [1.29, 1.82) is 0 Å². The molecule has 5 rings (SSSR count). The number of aromatic nitrogens is 2. The van der Waals surface area contributed by atoms with Gasteiger partial charge in [0.25, 0.3) is 12.4 Å². The summed E-state index contributed by atoms with van der Waals surface area (Å²) in [5.74, 6) is -0.321. The van der Waals surface area contributed by atoms with Gasteiger partial charge >= 0.3 is 6.36 Å². The van der Waals surface area contributed by atoms with E-state index in [1.807, 2.05) is 30.3 Å². The Balaban J connectivity index is 0.00000102. The second-order valence-electron chi connectivity index (χ2n) is 7.87. The van der Waals surface area contributed by atoms with Gasteiger partial charge in [0.15, 0.2) is 0 Å². The lowest BCUT2D eigenvalue weighted by molar-refractivity contribution is -0.274. The van der Waals surface area contributed by atoms with Crippen LogP contribution in [0.1, 0.15) is 28.2 Å². The predicted molar refractivity (Wildman–Crippen MR) is 126 cm³/mol. The first-order chi connectivity index (χ1) is 17.8. The van der Waals surface area contributed by atoms with E-state index in [9.17, 15) is 18.0 Å². The fraction of sp³-hybridized carbons (Fsp3) is 0.154. The molecule has 1 amide bonds. The van der Waals surface area contributed by atoms with Crippen molar-refractivity contribution in [2.75, 3.05) is 6.61 Å². The highest BCUT2D eigenvalue weighted by molar-refractivity contribution is 5.95. The molecule has 0 bridgehead atoms. The minimum Gasteiger partial charge on any atom is -0.491 e. The summed E-state index contributed by atoms with van der Waals surface area (Å²) in [7, 11) is 0. The molecular weight excluding hydrogens is 491 g/mol. The molecule has 1 atom stereocenters. The van der Waals surface area contributed by atoms with Gasteiger partial charge in [0.05, 0.1) is 12.1 Å². The average molecular weight is 511 g/mol. The number of rotatable bonds is 4. The number of carbonyl (C=O) groups is 2. The number of halogens is 3. The molecule has 1 aliphatic rings. The maximum absolute atomic E-state index is 13.4. The molecule has 4 aromatic rings. The van der Waals surface area contributed by atoms with E-state index in [-0.39, 0.29) is 24.5 Å². The van der Waals surface area contributed by atoms with Gasteiger partial charge in [-0.25, -0.2) is 4.98 Å². The van der Waals surface area contributed by atoms with Crippen LogP contribution in [0.5, 0.6) is 11.5 Å². The van der Waals surface area contributed by atoms with Gasteiger partial charge in [0, 0.05) is 18.0 Å². The summed E-state index contributed by atoms with van der Waals surface area (Å²) < 4.78 is 47.6. The van der Waals surface area contributed by atoms with Crippen LogP contribution in [0.25, 0.3) is 10.9 Å². The number of ether oxygens (including phenoxy) is 2. The predicted octanol–water partition coefficient (Wildman–Crippen LogP) is 4.69. The summed E-state index contributed by atoms with van der Waals surface area (Å²) in [6.45, 7) is 0.0188. The molecule has 8 nitrogen and oxygen atoms in total. The summed E-state index contributed by atoms with van der Waals surface area (Å²) in [4.78, 5) is 30.7. The molecule has 2 aromatic heterocycles. The van der Waals surface area contributed by atoms with Crippen molar-refractivity contribution in [3.63, 3.8) is 0 Å². The summed E-state index contributed by atoms with van der Waals surface area (Å²) in [6, 6.07) is 19.7. The second-order valence-corrected chi connectivity index (χ2v) is 7.87. The molecule has 37 heavy (non-hydrogen) atoms. The number of alkyl halides is 3. The van der Waals surface area contributed by atoms with Crippen molar-refractivity contribution in [2.24, 2.45) is 0 Å². The Morgan fingerprint density at radius 2 is 1.78 bits per heavy atom. The third-order valence-electron chi connectivity index (χ3n) is 5.65. The Kier molecular flexibility index (Phi) is 7.23. The van der Waals surface area contributed by atoms with Crippen LogP contribution in [0.4, 0.5) is 13.2 Å². The Labute approximate surface area is 208 Å². The number of carboxylic acid groups (broad SMARTS) is 1. The molecule has 0 saturated carbocycles. The zero-order chi connectivity index (χ0) is 26.5.